The van der Waals surface area contributed by atoms with Crippen LogP contribution in [0.3, 0.4) is 0 Å². The van der Waals surface area contributed by atoms with Crippen LogP contribution in [0.2, 0.25) is 0 Å². The summed E-state index contributed by atoms with van der Waals surface area (Å²) in [7, 11) is 0. The highest BCUT2D eigenvalue weighted by Crippen LogP contribution is 2.22. The Morgan fingerprint density at radius 2 is 1.50 bits per heavy atom. The molecule has 0 unspecified atom stereocenters. The van der Waals surface area contributed by atoms with Gasteiger partial charge < -0.3 is 4.57 Å². The van der Waals surface area contributed by atoms with Crippen LogP contribution in [0, 0.1) is 20.8 Å². The van der Waals surface area contributed by atoms with E-state index in [0.29, 0.717) is 0 Å². The Morgan fingerprint density at radius 3 is 2.10 bits per heavy atom. The van der Waals surface area contributed by atoms with Gasteiger partial charge in [-0.2, -0.15) is 0 Å². The van der Waals surface area contributed by atoms with Gasteiger partial charge in [-0.3, -0.25) is 0 Å². The number of rotatable bonds is 2. The molecule has 0 bridgehead atoms. The number of hydrogen-bond acceptors (Lipinski definition) is 1. The Balaban J connectivity index is 2.10. The van der Waals surface area contributed by atoms with Crippen molar-refractivity contribution < 1.29 is 0 Å². The summed E-state index contributed by atoms with van der Waals surface area (Å²) in [6, 6.07) is 14.6. The minimum atomic E-state index is 0.928. The number of benzene rings is 1. The fraction of sp³-hybridized carbons (Fsp3) is 0.188. The second-order valence-electron chi connectivity index (χ2n) is 5.02. The third-order valence-corrected chi connectivity index (χ3v) is 4.00. The molecule has 3 rings (SSSR count). The van der Waals surface area contributed by atoms with Gasteiger partial charge in [0.2, 0.25) is 0 Å². The van der Waals surface area contributed by atoms with Crippen LogP contribution in [0.1, 0.15) is 17.0 Å². The fourth-order valence-electron chi connectivity index (χ4n) is 2.35. The van der Waals surface area contributed by atoms with Gasteiger partial charge in [0.15, 0.2) is 5.82 Å². The number of hydrogen-bond donors (Lipinski definition) is 0. The van der Waals surface area contributed by atoms with E-state index in [1.165, 1.54) is 17.0 Å². The molecule has 3 aromatic rings. The molecule has 0 atom stereocenters. The third kappa shape index (κ3) is 2.20. The minimum absolute atomic E-state index is 0.928. The van der Waals surface area contributed by atoms with Gasteiger partial charge >= 0.3 is 0 Å². The van der Waals surface area contributed by atoms with Crippen LogP contribution in [0.15, 0.2) is 47.1 Å². The van der Waals surface area contributed by atoms with Crippen molar-refractivity contribution in [1.29, 1.82) is 0 Å². The maximum Gasteiger partial charge on any atom is 0.160 e. The maximum atomic E-state index is 4.71. The van der Waals surface area contributed by atoms with Crippen molar-refractivity contribution >= 4 is 15.9 Å². The Labute approximate surface area is 127 Å². The van der Waals surface area contributed by atoms with Crippen molar-refractivity contribution in [2.24, 2.45) is 0 Å². The van der Waals surface area contributed by atoms with E-state index in [0.717, 1.165) is 16.1 Å². The molecule has 3 nitrogen and oxygen atoms in total. The second kappa shape index (κ2) is 4.94. The van der Waals surface area contributed by atoms with E-state index in [-0.39, 0.29) is 0 Å². The van der Waals surface area contributed by atoms with E-state index in [1.807, 2.05) is 10.7 Å². The Hall–Kier alpha value is -1.81. The molecule has 0 saturated heterocycles. The van der Waals surface area contributed by atoms with Crippen molar-refractivity contribution in [3.63, 3.8) is 0 Å². The molecular formula is C16H16BrN3. The van der Waals surface area contributed by atoms with Gasteiger partial charge in [0.1, 0.15) is 4.60 Å². The largest absolute Gasteiger partial charge is 0.302 e. The Morgan fingerprint density at radius 1 is 0.900 bits per heavy atom. The van der Waals surface area contributed by atoms with E-state index in [2.05, 4.69) is 77.7 Å². The fourth-order valence-corrected chi connectivity index (χ4v) is 2.84. The minimum Gasteiger partial charge on any atom is -0.302 e. The molecule has 0 spiro atoms. The van der Waals surface area contributed by atoms with Crippen molar-refractivity contribution in [3.05, 3.63) is 64.0 Å². The molecule has 102 valence electrons. The van der Waals surface area contributed by atoms with E-state index in [9.17, 15) is 0 Å². The zero-order valence-electron chi connectivity index (χ0n) is 11.8. The second-order valence-corrected chi connectivity index (χ2v) is 5.84. The van der Waals surface area contributed by atoms with Crippen molar-refractivity contribution in [2.75, 3.05) is 0 Å². The van der Waals surface area contributed by atoms with E-state index >= 15 is 0 Å². The van der Waals surface area contributed by atoms with E-state index in [4.69, 9.17) is 5.10 Å². The molecule has 2 heterocycles. The lowest BCUT2D eigenvalue weighted by Gasteiger charge is -2.06. The first-order valence-electron chi connectivity index (χ1n) is 6.54. The van der Waals surface area contributed by atoms with Gasteiger partial charge in [0.25, 0.3) is 0 Å². The first-order chi connectivity index (χ1) is 9.56. The topological polar surface area (TPSA) is 22.8 Å². The van der Waals surface area contributed by atoms with Crippen molar-refractivity contribution in [1.82, 2.24) is 14.3 Å². The van der Waals surface area contributed by atoms with Gasteiger partial charge in [-0.05, 0) is 61.0 Å². The summed E-state index contributed by atoms with van der Waals surface area (Å²) in [5.74, 6) is 0.928. The van der Waals surface area contributed by atoms with Gasteiger partial charge in [-0.15, -0.1) is 5.10 Å². The van der Waals surface area contributed by atoms with Crippen molar-refractivity contribution in [3.8, 4) is 11.5 Å². The van der Waals surface area contributed by atoms with Crippen LogP contribution in [0.5, 0.6) is 0 Å². The third-order valence-electron chi connectivity index (χ3n) is 3.43. The molecule has 0 aliphatic rings. The van der Waals surface area contributed by atoms with Crippen LogP contribution < -0.4 is 0 Å². The SMILES string of the molecule is Cc1ccc(-n2nc(-n3c(C)ccc3C)cc2Br)cc1. The maximum absolute atomic E-state index is 4.71. The summed E-state index contributed by atoms with van der Waals surface area (Å²) >= 11 is 3.59. The predicted octanol–water partition coefficient (Wildman–Crippen LogP) is 4.35. The molecule has 4 heteroatoms. The molecule has 1 aromatic carbocycles. The summed E-state index contributed by atoms with van der Waals surface area (Å²) in [4.78, 5) is 0. The molecule has 0 N–H and O–H groups in total. The van der Waals surface area contributed by atoms with Gasteiger partial charge in [-0.25, -0.2) is 4.68 Å². The van der Waals surface area contributed by atoms with E-state index < -0.39 is 0 Å². The van der Waals surface area contributed by atoms with E-state index in [1.54, 1.807) is 0 Å². The highest BCUT2D eigenvalue weighted by Gasteiger charge is 2.11. The quantitative estimate of drug-likeness (QED) is 0.685. The average molecular weight is 330 g/mol. The molecule has 2 aromatic heterocycles. The summed E-state index contributed by atoms with van der Waals surface area (Å²) in [6.45, 7) is 6.26. The van der Waals surface area contributed by atoms with Gasteiger partial charge in [0, 0.05) is 17.5 Å². The summed E-state index contributed by atoms with van der Waals surface area (Å²) in [5.41, 5.74) is 4.66. The summed E-state index contributed by atoms with van der Waals surface area (Å²) in [6.07, 6.45) is 0. The highest BCUT2D eigenvalue weighted by molar-refractivity contribution is 9.10. The molecule has 0 radical (unpaired) electrons. The van der Waals surface area contributed by atoms with Crippen LogP contribution in [0.4, 0.5) is 0 Å². The van der Waals surface area contributed by atoms with Gasteiger partial charge in [-0.1, -0.05) is 17.7 Å². The first kappa shape index (κ1) is 13.2. The number of nitrogens with zero attached hydrogens (tertiary/aromatic N) is 3. The predicted molar refractivity (Wildman–Crippen MR) is 84.8 cm³/mol. The molecule has 0 aliphatic heterocycles. The van der Waals surface area contributed by atoms with Crippen LogP contribution in [-0.4, -0.2) is 14.3 Å². The number of halogens is 1. The lowest BCUT2D eigenvalue weighted by atomic mass is 10.2. The summed E-state index contributed by atoms with van der Waals surface area (Å²) in [5, 5.41) is 4.71. The molecular weight excluding hydrogens is 314 g/mol. The lowest BCUT2D eigenvalue weighted by molar-refractivity contribution is 0.817. The number of aromatic nitrogens is 3. The zero-order valence-corrected chi connectivity index (χ0v) is 13.3. The Kier molecular flexibility index (Phi) is 3.26. The summed E-state index contributed by atoms with van der Waals surface area (Å²) < 4.78 is 5.01. The van der Waals surface area contributed by atoms with Crippen molar-refractivity contribution in [2.45, 2.75) is 20.8 Å². The van der Waals surface area contributed by atoms with Crippen LogP contribution in [0.25, 0.3) is 11.5 Å². The molecule has 0 aliphatic carbocycles. The van der Waals surface area contributed by atoms with Crippen LogP contribution >= 0.6 is 15.9 Å². The monoisotopic (exact) mass is 329 g/mol. The molecule has 0 amide bonds. The molecule has 0 saturated carbocycles. The molecule has 20 heavy (non-hydrogen) atoms. The standard InChI is InChI=1S/C16H16BrN3/c1-11-4-8-14(9-5-11)20-15(17)10-16(18-20)19-12(2)6-7-13(19)3/h4-10H,1-3H3. The normalized spacial score (nSPS) is 11.0. The van der Waals surface area contributed by atoms with Gasteiger partial charge in [0.05, 0.1) is 5.69 Å². The average Bonchev–Trinajstić information content (AvgIpc) is 2.94. The smallest absolute Gasteiger partial charge is 0.160 e. The Bertz CT molecular complexity index is 731. The molecule has 0 fully saturated rings. The first-order valence-corrected chi connectivity index (χ1v) is 7.33. The van der Waals surface area contributed by atoms with Crippen LogP contribution in [-0.2, 0) is 0 Å². The highest BCUT2D eigenvalue weighted by atomic mass is 79.9. The zero-order chi connectivity index (χ0) is 14.3. The number of aryl methyl sites for hydroxylation is 3. The lowest BCUT2D eigenvalue weighted by Crippen LogP contribution is -2.02.